The van der Waals surface area contributed by atoms with E-state index >= 15 is 0 Å². The molecular weight excluding hydrogens is 320 g/mol. The van der Waals surface area contributed by atoms with Crippen molar-refractivity contribution in [3.05, 3.63) is 42.5 Å². The lowest BCUT2D eigenvalue weighted by atomic mass is 10.2. The average molecular weight is 344 g/mol. The number of furan rings is 1. The fourth-order valence-electron chi connectivity index (χ4n) is 3.04. The molecule has 1 aliphatic heterocycles. The zero-order valence-electron chi connectivity index (χ0n) is 14.4. The zero-order chi connectivity index (χ0) is 17.5. The fourth-order valence-corrected chi connectivity index (χ4v) is 3.04. The largest absolute Gasteiger partial charge is 0.476 e. The summed E-state index contributed by atoms with van der Waals surface area (Å²) in [6.07, 6.45) is 5.66. The van der Waals surface area contributed by atoms with Crippen LogP contribution in [0.2, 0.25) is 0 Å². The second kappa shape index (κ2) is 8.53. The Morgan fingerprint density at radius 2 is 2.20 bits per heavy atom. The SMILES string of the molecule is CCOc1ncccc1NC(=O)NCC(c1ccco1)N1CCCC1. The average Bonchev–Trinajstić information content (AvgIpc) is 3.31. The van der Waals surface area contributed by atoms with Crippen LogP contribution in [0.3, 0.4) is 0 Å². The number of hydrogen-bond donors (Lipinski definition) is 2. The van der Waals surface area contributed by atoms with E-state index in [0.717, 1.165) is 18.8 Å². The maximum Gasteiger partial charge on any atom is 0.319 e. The molecule has 1 saturated heterocycles. The van der Waals surface area contributed by atoms with Gasteiger partial charge in [-0.2, -0.15) is 0 Å². The van der Waals surface area contributed by atoms with Crippen LogP contribution in [0.1, 0.15) is 31.6 Å². The van der Waals surface area contributed by atoms with Crippen LogP contribution in [0.4, 0.5) is 10.5 Å². The smallest absolute Gasteiger partial charge is 0.319 e. The summed E-state index contributed by atoms with van der Waals surface area (Å²) < 4.78 is 11.0. The van der Waals surface area contributed by atoms with Crippen molar-refractivity contribution in [2.45, 2.75) is 25.8 Å². The third kappa shape index (κ3) is 4.51. The molecule has 2 aromatic rings. The second-order valence-electron chi connectivity index (χ2n) is 5.90. The first-order chi connectivity index (χ1) is 12.3. The number of carbonyl (C=O) groups excluding carboxylic acids is 1. The molecule has 3 rings (SSSR count). The second-order valence-corrected chi connectivity index (χ2v) is 5.90. The lowest BCUT2D eigenvalue weighted by Crippen LogP contribution is -2.38. The molecule has 1 atom stereocenters. The van der Waals surface area contributed by atoms with Crippen LogP contribution in [0, 0.1) is 0 Å². The van der Waals surface area contributed by atoms with Crippen LogP contribution in [-0.2, 0) is 0 Å². The van der Waals surface area contributed by atoms with Crippen molar-refractivity contribution in [1.29, 1.82) is 0 Å². The molecule has 0 aliphatic carbocycles. The fraction of sp³-hybridized carbons (Fsp3) is 0.444. The third-order valence-corrected chi connectivity index (χ3v) is 4.21. The molecule has 0 aromatic carbocycles. The van der Waals surface area contributed by atoms with Crippen molar-refractivity contribution in [2.75, 3.05) is 31.6 Å². The first-order valence-corrected chi connectivity index (χ1v) is 8.68. The minimum atomic E-state index is -0.287. The van der Waals surface area contributed by atoms with Gasteiger partial charge in [0.1, 0.15) is 11.4 Å². The highest BCUT2D eigenvalue weighted by Crippen LogP contribution is 2.25. The number of amides is 2. The number of hydrogen-bond acceptors (Lipinski definition) is 5. The summed E-state index contributed by atoms with van der Waals surface area (Å²) >= 11 is 0. The van der Waals surface area contributed by atoms with E-state index in [1.165, 1.54) is 12.8 Å². The lowest BCUT2D eigenvalue weighted by Gasteiger charge is -2.26. The number of nitrogens with zero attached hydrogens (tertiary/aromatic N) is 2. The molecule has 0 bridgehead atoms. The van der Waals surface area contributed by atoms with E-state index in [9.17, 15) is 4.79 Å². The number of carbonyl (C=O) groups is 1. The Labute approximate surface area is 147 Å². The maximum atomic E-state index is 12.3. The van der Waals surface area contributed by atoms with E-state index < -0.39 is 0 Å². The van der Waals surface area contributed by atoms with Crippen molar-refractivity contribution in [3.8, 4) is 5.88 Å². The van der Waals surface area contributed by atoms with Crippen LogP contribution in [0.25, 0.3) is 0 Å². The molecule has 0 saturated carbocycles. The highest BCUT2D eigenvalue weighted by atomic mass is 16.5. The minimum Gasteiger partial charge on any atom is -0.476 e. The zero-order valence-corrected chi connectivity index (χ0v) is 14.4. The topological polar surface area (TPSA) is 79.6 Å². The number of nitrogens with one attached hydrogen (secondary N) is 2. The number of likely N-dealkylation sites (tertiary alicyclic amines) is 1. The third-order valence-electron chi connectivity index (χ3n) is 4.21. The highest BCUT2D eigenvalue weighted by molar-refractivity contribution is 5.90. The first-order valence-electron chi connectivity index (χ1n) is 8.68. The molecule has 0 spiro atoms. The predicted octanol–water partition coefficient (Wildman–Crippen LogP) is 3.03. The molecule has 7 heteroatoms. The van der Waals surface area contributed by atoms with Crippen molar-refractivity contribution >= 4 is 11.7 Å². The van der Waals surface area contributed by atoms with Crippen LogP contribution < -0.4 is 15.4 Å². The minimum absolute atomic E-state index is 0.0449. The van der Waals surface area contributed by atoms with E-state index in [-0.39, 0.29) is 12.1 Å². The Hall–Kier alpha value is -2.54. The van der Waals surface area contributed by atoms with Gasteiger partial charge >= 0.3 is 6.03 Å². The van der Waals surface area contributed by atoms with E-state index in [2.05, 4.69) is 20.5 Å². The summed E-state index contributed by atoms with van der Waals surface area (Å²) in [6.45, 7) is 4.88. The molecule has 2 aromatic heterocycles. The number of urea groups is 1. The van der Waals surface area contributed by atoms with Crippen LogP contribution in [0.5, 0.6) is 5.88 Å². The Bertz CT molecular complexity index is 669. The quantitative estimate of drug-likeness (QED) is 0.807. The molecule has 1 aliphatic rings. The normalized spacial score (nSPS) is 15.7. The van der Waals surface area contributed by atoms with Gasteiger partial charge in [-0.15, -0.1) is 0 Å². The van der Waals surface area contributed by atoms with E-state index in [4.69, 9.17) is 9.15 Å². The number of rotatable bonds is 7. The lowest BCUT2D eigenvalue weighted by molar-refractivity contribution is 0.206. The Morgan fingerprint density at radius 3 is 2.92 bits per heavy atom. The monoisotopic (exact) mass is 344 g/mol. The summed E-state index contributed by atoms with van der Waals surface area (Å²) in [7, 11) is 0. The maximum absolute atomic E-state index is 12.3. The summed E-state index contributed by atoms with van der Waals surface area (Å²) in [5.41, 5.74) is 0.553. The van der Waals surface area contributed by atoms with Gasteiger partial charge in [0, 0.05) is 12.7 Å². The summed E-state index contributed by atoms with van der Waals surface area (Å²) in [4.78, 5) is 18.8. The van der Waals surface area contributed by atoms with Crippen molar-refractivity contribution < 1.29 is 13.9 Å². The van der Waals surface area contributed by atoms with Crippen LogP contribution in [-0.4, -0.2) is 42.2 Å². The summed E-state index contributed by atoms with van der Waals surface area (Å²) in [5.74, 6) is 1.29. The molecule has 3 heterocycles. The molecule has 7 nitrogen and oxygen atoms in total. The van der Waals surface area contributed by atoms with Gasteiger partial charge in [0.15, 0.2) is 0 Å². The molecule has 2 N–H and O–H groups in total. The number of ether oxygens (including phenoxy) is 1. The van der Waals surface area contributed by atoms with E-state index in [1.807, 2.05) is 19.1 Å². The number of aromatic nitrogens is 1. The van der Waals surface area contributed by atoms with Crippen LogP contribution in [0.15, 0.2) is 41.1 Å². The molecule has 1 unspecified atom stereocenters. The number of anilines is 1. The van der Waals surface area contributed by atoms with Gasteiger partial charge in [-0.05, 0) is 57.1 Å². The summed E-state index contributed by atoms with van der Waals surface area (Å²) in [5, 5.41) is 5.73. The van der Waals surface area contributed by atoms with Gasteiger partial charge in [0.25, 0.3) is 0 Å². The highest BCUT2D eigenvalue weighted by Gasteiger charge is 2.26. The standard InChI is InChI=1S/C18H24N4O3/c1-2-24-17-14(7-5-9-19-17)21-18(23)20-13-15(16-8-6-12-25-16)22-10-3-4-11-22/h5-9,12,15H,2-4,10-11,13H2,1H3,(H2,20,21,23). The van der Waals surface area contributed by atoms with Crippen molar-refractivity contribution in [3.63, 3.8) is 0 Å². The van der Waals surface area contributed by atoms with Crippen molar-refractivity contribution in [1.82, 2.24) is 15.2 Å². The van der Waals surface area contributed by atoms with Gasteiger partial charge in [0.2, 0.25) is 5.88 Å². The molecule has 1 fully saturated rings. The van der Waals surface area contributed by atoms with Crippen molar-refractivity contribution in [2.24, 2.45) is 0 Å². The molecular formula is C18H24N4O3. The molecule has 0 radical (unpaired) electrons. The summed E-state index contributed by atoms with van der Waals surface area (Å²) in [6, 6.07) is 7.11. The van der Waals surface area contributed by atoms with E-state index in [0.29, 0.717) is 24.7 Å². The molecule has 134 valence electrons. The molecule has 25 heavy (non-hydrogen) atoms. The first kappa shape index (κ1) is 17.3. The Morgan fingerprint density at radius 1 is 1.36 bits per heavy atom. The van der Waals surface area contributed by atoms with Gasteiger partial charge < -0.3 is 19.8 Å². The van der Waals surface area contributed by atoms with Gasteiger partial charge in [0.05, 0.1) is 18.9 Å². The Kier molecular flexibility index (Phi) is 5.90. The van der Waals surface area contributed by atoms with E-state index in [1.54, 1.807) is 24.6 Å². The van der Waals surface area contributed by atoms with Gasteiger partial charge in [-0.1, -0.05) is 0 Å². The Balaban J connectivity index is 1.60. The van der Waals surface area contributed by atoms with Gasteiger partial charge in [-0.25, -0.2) is 9.78 Å². The molecule has 2 amide bonds. The van der Waals surface area contributed by atoms with Gasteiger partial charge in [-0.3, -0.25) is 4.90 Å². The van der Waals surface area contributed by atoms with Crippen LogP contribution >= 0.6 is 0 Å². The predicted molar refractivity (Wildman–Crippen MR) is 94.7 cm³/mol. The number of pyridine rings is 1.